The predicted molar refractivity (Wildman–Crippen MR) is 102 cm³/mol. The van der Waals surface area contributed by atoms with Gasteiger partial charge in [-0.25, -0.2) is 13.1 Å². The molecule has 3 rings (SSSR count). The van der Waals surface area contributed by atoms with Gasteiger partial charge in [0.05, 0.1) is 31.4 Å². The molecule has 7 nitrogen and oxygen atoms in total. The standard InChI is InChI=1S/C19H26N2O5S/c1-14-11-17(24-2)18(25-3)12-19(14)27(22,23)20-13-15(16-7-6-10-26-16)21-8-4-5-9-21/h6-7,10-12,15,20H,4-5,8-9,13H2,1-3H3. The molecule has 2 heterocycles. The highest BCUT2D eigenvalue weighted by molar-refractivity contribution is 7.89. The number of ether oxygens (including phenoxy) is 2. The van der Waals surface area contributed by atoms with E-state index in [1.54, 1.807) is 19.3 Å². The van der Waals surface area contributed by atoms with Gasteiger partial charge in [-0.2, -0.15) is 0 Å². The summed E-state index contributed by atoms with van der Waals surface area (Å²) in [4.78, 5) is 2.43. The van der Waals surface area contributed by atoms with Crippen LogP contribution in [0.4, 0.5) is 0 Å². The highest BCUT2D eigenvalue weighted by Crippen LogP contribution is 2.32. The van der Waals surface area contributed by atoms with Crippen LogP contribution in [0.1, 0.15) is 30.2 Å². The third-order valence-corrected chi connectivity index (χ3v) is 6.46. The van der Waals surface area contributed by atoms with E-state index in [4.69, 9.17) is 13.9 Å². The molecule has 1 aromatic heterocycles. The van der Waals surface area contributed by atoms with Crippen molar-refractivity contribution in [2.24, 2.45) is 0 Å². The van der Waals surface area contributed by atoms with Crippen LogP contribution in [0.15, 0.2) is 39.8 Å². The van der Waals surface area contributed by atoms with Gasteiger partial charge in [0.1, 0.15) is 5.76 Å². The lowest BCUT2D eigenvalue weighted by molar-refractivity contribution is 0.216. The highest BCUT2D eigenvalue weighted by Gasteiger charge is 2.28. The third kappa shape index (κ3) is 4.28. The topological polar surface area (TPSA) is 81.0 Å². The molecule has 1 aliphatic rings. The number of likely N-dealkylation sites (tertiary alicyclic amines) is 1. The van der Waals surface area contributed by atoms with Crippen LogP contribution in [-0.2, 0) is 10.0 Å². The first-order valence-electron chi connectivity index (χ1n) is 8.96. The molecular weight excluding hydrogens is 368 g/mol. The van der Waals surface area contributed by atoms with Gasteiger partial charge >= 0.3 is 0 Å². The Morgan fingerprint density at radius 1 is 1.19 bits per heavy atom. The van der Waals surface area contributed by atoms with Crippen molar-refractivity contribution in [1.82, 2.24) is 9.62 Å². The molecule has 0 saturated carbocycles. The quantitative estimate of drug-likeness (QED) is 0.741. The average Bonchev–Trinajstić information content (AvgIpc) is 3.35. The molecule has 0 aliphatic carbocycles. The van der Waals surface area contributed by atoms with E-state index in [2.05, 4.69) is 9.62 Å². The molecule has 1 saturated heterocycles. The summed E-state index contributed by atoms with van der Waals surface area (Å²) in [7, 11) is -0.713. The van der Waals surface area contributed by atoms with Crippen LogP contribution >= 0.6 is 0 Å². The van der Waals surface area contributed by atoms with E-state index >= 15 is 0 Å². The van der Waals surface area contributed by atoms with Crippen LogP contribution in [0.25, 0.3) is 0 Å². The van der Waals surface area contributed by atoms with Gasteiger partial charge in [-0.1, -0.05) is 0 Å². The van der Waals surface area contributed by atoms with Gasteiger partial charge in [-0.05, 0) is 56.6 Å². The Morgan fingerprint density at radius 3 is 2.44 bits per heavy atom. The minimum Gasteiger partial charge on any atom is -0.493 e. The third-order valence-electron chi connectivity index (χ3n) is 4.89. The summed E-state index contributed by atoms with van der Waals surface area (Å²) in [5.74, 6) is 1.65. The van der Waals surface area contributed by atoms with E-state index in [9.17, 15) is 8.42 Å². The van der Waals surface area contributed by atoms with Crippen molar-refractivity contribution in [1.29, 1.82) is 0 Å². The maximum atomic E-state index is 13.0. The lowest BCUT2D eigenvalue weighted by Crippen LogP contribution is -2.36. The SMILES string of the molecule is COc1cc(C)c(S(=O)(=O)NCC(c2ccco2)N2CCCC2)cc1OC. The number of methoxy groups -OCH3 is 2. The number of aryl methyl sites for hydroxylation is 1. The fourth-order valence-electron chi connectivity index (χ4n) is 3.46. The number of nitrogens with zero attached hydrogens (tertiary/aromatic N) is 1. The fraction of sp³-hybridized carbons (Fsp3) is 0.474. The molecule has 1 fully saturated rings. The fourth-order valence-corrected chi connectivity index (χ4v) is 4.74. The Bertz CT molecular complexity index is 858. The summed E-state index contributed by atoms with van der Waals surface area (Å²) in [5.41, 5.74) is 0.593. The van der Waals surface area contributed by atoms with Crippen molar-refractivity contribution in [3.05, 3.63) is 41.9 Å². The minimum absolute atomic E-state index is 0.127. The van der Waals surface area contributed by atoms with Crippen LogP contribution < -0.4 is 14.2 Å². The normalized spacial score (nSPS) is 16.4. The largest absolute Gasteiger partial charge is 0.493 e. The number of hydrogen-bond acceptors (Lipinski definition) is 6. The van der Waals surface area contributed by atoms with Crippen LogP contribution in [-0.4, -0.2) is 47.2 Å². The second kappa shape index (κ2) is 8.33. The molecule has 1 atom stereocenters. The lowest BCUT2D eigenvalue weighted by Gasteiger charge is -2.26. The molecule has 148 valence electrons. The number of benzene rings is 1. The molecule has 2 aromatic rings. The molecular formula is C19H26N2O5S. The van der Waals surface area contributed by atoms with Crippen molar-refractivity contribution >= 4 is 10.0 Å². The second-order valence-electron chi connectivity index (χ2n) is 6.60. The van der Waals surface area contributed by atoms with Gasteiger partial charge in [-0.15, -0.1) is 0 Å². The van der Waals surface area contributed by atoms with Gasteiger partial charge in [0.2, 0.25) is 10.0 Å². The van der Waals surface area contributed by atoms with Gasteiger partial charge < -0.3 is 13.9 Å². The Hall–Kier alpha value is -2.03. The summed E-state index contributed by atoms with van der Waals surface area (Å²) >= 11 is 0. The van der Waals surface area contributed by atoms with E-state index in [-0.39, 0.29) is 17.5 Å². The van der Waals surface area contributed by atoms with E-state index in [0.717, 1.165) is 31.7 Å². The van der Waals surface area contributed by atoms with Crippen LogP contribution in [0.2, 0.25) is 0 Å². The number of hydrogen-bond donors (Lipinski definition) is 1. The van der Waals surface area contributed by atoms with E-state index in [1.807, 2.05) is 12.1 Å². The zero-order chi connectivity index (χ0) is 19.4. The van der Waals surface area contributed by atoms with Crippen LogP contribution in [0.3, 0.4) is 0 Å². The average molecular weight is 394 g/mol. The van der Waals surface area contributed by atoms with Crippen molar-refractivity contribution < 1.29 is 22.3 Å². The van der Waals surface area contributed by atoms with Gasteiger partial charge in [0, 0.05) is 12.6 Å². The predicted octanol–water partition coefficient (Wildman–Crippen LogP) is 2.72. The van der Waals surface area contributed by atoms with E-state index in [1.165, 1.54) is 20.3 Å². The van der Waals surface area contributed by atoms with Gasteiger partial charge in [0.25, 0.3) is 0 Å². The number of rotatable bonds is 8. The second-order valence-corrected chi connectivity index (χ2v) is 8.33. The molecule has 1 aromatic carbocycles. The molecule has 0 amide bonds. The summed E-state index contributed by atoms with van der Waals surface area (Å²) in [6.07, 6.45) is 3.84. The first kappa shape index (κ1) is 19.7. The Morgan fingerprint density at radius 2 is 1.85 bits per heavy atom. The van der Waals surface area contributed by atoms with Crippen molar-refractivity contribution in [2.45, 2.75) is 30.7 Å². The van der Waals surface area contributed by atoms with Gasteiger partial charge in [-0.3, -0.25) is 4.90 Å². The maximum absolute atomic E-state index is 13.0. The number of furan rings is 1. The van der Waals surface area contributed by atoms with Crippen molar-refractivity contribution in [3.63, 3.8) is 0 Å². The van der Waals surface area contributed by atoms with Crippen molar-refractivity contribution in [3.8, 4) is 11.5 Å². The lowest BCUT2D eigenvalue weighted by atomic mass is 10.2. The van der Waals surface area contributed by atoms with E-state index in [0.29, 0.717) is 17.1 Å². The molecule has 0 radical (unpaired) electrons. The van der Waals surface area contributed by atoms with E-state index < -0.39 is 10.0 Å². The molecule has 1 unspecified atom stereocenters. The zero-order valence-electron chi connectivity index (χ0n) is 15.9. The molecule has 0 spiro atoms. The molecule has 0 bridgehead atoms. The van der Waals surface area contributed by atoms with Gasteiger partial charge in [0.15, 0.2) is 11.5 Å². The Labute approximate surface area is 160 Å². The zero-order valence-corrected chi connectivity index (χ0v) is 16.7. The minimum atomic E-state index is -3.72. The number of nitrogens with one attached hydrogen (secondary N) is 1. The smallest absolute Gasteiger partial charge is 0.241 e. The summed E-state index contributed by atoms with van der Waals surface area (Å²) in [6, 6.07) is 6.74. The monoisotopic (exact) mass is 394 g/mol. The summed E-state index contributed by atoms with van der Waals surface area (Å²) in [6.45, 7) is 3.84. The molecule has 1 aliphatic heterocycles. The summed E-state index contributed by atoms with van der Waals surface area (Å²) < 4.78 is 44.7. The number of sulfonamides is 1. The van der Waals surface area contributed by atoms with Crippen molar-refractivity contribution in [2.75, 3.05) is 33.9 Å². The van der Waals surface area contributed by atoms with Crippen LogP contribution in [0.5, 0.6) is 11.5 Å². The van der Waals surface area contributed by atoms with Crippen LogP contribution in [0, 0.1) is 6.92 Å². The molecule has 8 heteroatoms. The summed E-state index contributed by atoms with van der Waals surface area (Å²) in [5, 5.41) is 0. The first-order valence-corrected chi connectivity index (χ1v) is 10.4. The maximum Gasteiger partial charge on any atom is 0.241 e. The Balaban J connectivity index is 1.83. The first-order chi connectivity index (χ1) is 13.0. The molecule has 1 N–H and O–H groups in total. The highest BCUT2D eigenvalue weighted by atomic mass is 32.2. The molecule has 27 heavy (non-hydrogen) atoms. The Kier molecular flexibility index (Phi) is 6.08.